The van der Waals surface area contributed by atoms with Crippen molar-refractivity contribution in [2.45, 2.75) is 57.8 Å². The molecule has 0 bridgehead atoms. The lowest BCUT2D eigenvalue weighted by atomic mass is 10.0. The van der Waals surface area contributed by atoms with Gasteiger partial charge in [0.1, 0.15) is 6.04 Å². The molecule has 0 aliphatic heterocycles. The van der Waals surface area contributed by atoms with Crippen LogP contribution in [0, 0.1) is 5.92 Å². The van der Waals surface area contributed by atoms with Crippen molar-refractivity contribution in [2.75, 3.05) is 0 Å². The molecule has 0 saturated heterocycles. The molecule has 2 rings (SSSR count). The van der Waals surface area contributed by atoms with Gasteiger partial charge in [-0.05, 0) is 30.9 Å². The number of nitrogens with two attached hydrogens (primary N) is 1. The number of hydrogen-bond donors (Lipinski definition) is 6. The Hall–Kier alpha value is -2.91. The van der Waals surface area contributed by atoms with Crippen LogP contribution in [0.15, 0.2) is 30.5 Å². The summed E-state index contributed by atoms with van der Waals surface area (Å²) < 4.78 is 0. The lowest BCUT2D eigenvalue weighted by Gasteiger charge is -2.24. The molecule has 30 heavy (non-hydrogen) atoms. The van der Waals surface area contributed by atoms with Gasteiger partial charge in [0, 0.05) is 23.5 Å². The van der Waals surface area contributed by atoms with E-state index in [2.05, 4.69) is 15.6 Å². The van der Waals surface area contributed by atoms with Crippen LogP contribution in [0.1, 0.15) is 32.8 Å². The van der Waals surface area contributed by atoms with E-state index in [0.717, 1.165) is 16.5 Å². The number of aromatic nitrogens is 1. The number of carbonyl (C=O) groups is 3. The monoisotopic (exact) mass is 418 g/mol. The van der Waals surface area contributed by atoms with Gasteiger partial charge < -0.3 is 31.6 Å². The molecule has 7 N–H and O–H groups in total. The fraction of sp³-hybridized carbons (Fsp3) is 0.476. The van der Waals surface area contributed by atoms with Crippen LogP contribution in [0.3, 0.4) is 0 Å². The number of nitrogens with one attached hydrogen (secondary N) is 3. The molecule has 2 amide bonds. The molecule has 1 heterocycles. The summed E-state index contributed by atoms with van der Waals surface area (Å²) in [4.78, 5) is 39.9. The van der Waals surface area contributed by atoms with Gasteiger partial charge in [0.15, 0.2) is 6.04 Å². The third-order valence-electron chi connectivity index (χ3n) is 4.84. The van der Waals surface area contributed by atoms with Gasteiger partial charge in [-0.3, -0.25) is 9.59 Å². The van der Waals surface area contributed by atoms with Crippen LogP contribution < -0.4 is 16.4 Å². The first-order valence-corrected chi connectivity index (χ1v) is 9.92. The zero-order valence-electron chi connectivity index (χ0n) is 17.4. The van der Waals surface area contributed by atoms with E-state index in [9.17, 15) is 24.6 Å². The standard InChI is InChI=1S/C21H30N4O5/c1-11(2)8-15(22)19(27)24-17(20(28)25-18(12(3)26)21(29)30)9-13-10-23-16-7-5-4-6-14(13)16/h4-7,10-12,15,17-18,23,26H,8-9,22H2,1-3H3,(H,24,27)(H,25,28)(H,29,30). The summed E-state index contributed by atoms with van der Waals surface area (Å²) in [7, 11) is 0. The van der Waals surface area contributed by atoms with Gasteiger partial charge in [-0.1, -0.05) is 32.0 Å². The number of fused-ring (bicyclic) bond motifs is 1. The highest BCUT2D eigenvalue weighted by molar-refractivity contribution is 5.93. The van der Waals surface area contributed by atoms with Crippen LogP contribution >= 0.6 is 0 Å². The minimum Gasteiger partial charge on any atom is -0.480 e. The normalized spacial score (nSPS) is 15.4. The van der Waals surface area contributed by atoms with Crippen molar-refractivity contribution in [1.82, 2.24) is 15.6 Å². The number of aliphatic hydroxyl groups excluding tert-OH is 1. The van der Waals surface area contributed by atoms with E-state index in [1.165, 1.54) is 6.92 Å². The topological polar surface area (TPSA) is 158 Å². The number of H-pyrrole nitrogens is 1. The lowest BCUT2D eigenvalue weighted by molar-refractivity contribution is -0.145. The average Bonchev–Trinajstić information content (AvgIpc) is 3.07. The van der Waals surface area contributed by atoms with Crippen molar-refractivity contribution >= 4 is 28.7 Å². The van der Waals surface area contributed by atoms with Crippen molar-refractivity contribution in [3.05, 3.63) is 36.0 Å². The predicted molar refractivity (Wildman–Crippen MR) is 113 cm³/mol. The third kappa shape index (κ3) is 6.04. The number of benzene rings is 1. The average molecular weight is 418 g/mol. The maximum absolute atomic E-state index is 12.9. The molecule has 0 aliphatic rings. The smallest absolute Gasteiger partial charge is 0.328 e. The molecule has 9 heteroatoms. The molecule has 0 spiro atoms. The number of hydrogen-bond acceptors (Lipinski definition) is 5. The molecular weight excluding hydrogens is 388 g/mol. The molecule has 4 atom stereocenters. The van der Waals surface area contributed by atoms with Gasteiger partial charge in [0.05, 0.1) is 12.1 Å². The van der Waals surface area contributed by atoms with E-state index >= 15 is 0 Å². The van der Waals surface area contributed by atoms with Crippen molar-refractivity contribution < 1.29 is 24.6 Å². The minimum atomic E-state index is -1.50. The molecule has 2 aromatic rings. The largest absolute Gasteiger partial charge is 0.480 e. The van der Waals surface area contributed by atoms with E-state index in [-0.39, 0.29) is 12.3 Å². The van der Waals surface area contributed by atoms with E-state index in [4.69, 9.17) is 5.73 Å². The van der Waals surface area contributed by atoms with Crippen molar-refractivity contribution in [3.63, 3.8) is 0 Å². The first-order chi connectivity index (χ1) is 14.1. The Morgan fingerprint density at radius 3 is 2.37 bits per heavy atom. The summed E-state index contributed by atoms with van der Waals surface area (Å²) in [5.41, 5.74) is 7.61. The molecule has 9 nitrogen and oxygen atoms in total. The first-order valence-electron chi connectivity index (χ1n) is 9.92. The van der Waals surface area contributed by atoms with Gasteiger partial charge in [-0.25, -0.2) is 4.79 Å². The number of carboxylic acid groups (broad SMARTS) is 1. The summed E-state index contributed by atoms with van der Waals surface area (Å²) >= 11 is 0. The summed E-state index contributed by atoms with van der Waals surface area (Å²) in [5.74, 6) is -2.38. The highest BCUT2D eigenvalue weighted by atomic mass is 16.4. The second-order valence-corrected chi connectivity index (χ2v) is 7.93. The third-order valence-corrected chi connectivity index (χ3v) is 4.84. The molecule has 0 radical (unpaired) electrons. The van der Waals surface area contributed by atoms with Gasteiger partial charge in [0.2, 0.25) is 11.8 Å². The van der Waals surface area contributed by atoms with Crippen LogP contribution in [0.25, 0.3) is 10.9 Å². The van der Waals surface area contributed by atoms with Gasteiger partial charge >= 0.3 is 5.97 Å². The maximum Gasteiger partial charge on any atom is 0.328 e. The Morgan fingerprint density at radius 2 is 1.77 bits per heavy atom. The Labute approximate surface area is 175 Å². The van der Waals surface area contributed by atoms with Crippen LogP contribution in [0.5, 0.6) is 0 Å². The van der Waals surface area contributed by atoms with E-state index in [1.54, 1.807) is 6.20 Å². The summed E-state index contributed by atoms with van der Waals surface area (Å²) in [6.45, 7) is 5.14. The second kappa shape index (κ2) is 10.2. The number of aliphatic hydroxyl groups is 1. The molecule has 164 valence electrons. The van der Waals surface area contributed by atoms with Gasteiger partial charge in [-0.15, -0.1) is 0 Å². The molecule has 1 aromatic heterocycles. The highest BCUT2D eigenvalue weighted by Crippen LogP contribution is 2.19. The summed E-state index contributed by atoms with van der Waals surface area (Å²) in [6, 6.07) is 4.16. The molecule has 0 fully saturated rings. The Morgan fingerprint density at radius 1 is 1.10 bits per heavy atom. The highest BCUT2D eigenvalue weighted by Gasteiger charge is 2.31. The zero-order valence-corrected chi connectivity index (χ0v) is 17.4. The number of carbonyl (C=O) groups excluding carboxylic acids is 2. The van der Waals surface area contributed by atoms with E-state index in [1.807, 2.05) is 38.1 Å². The fourth-order valence-electron chi connectivity index (χ4n) is 3.27. The Kier molecular flexibility index (Phi) is 7.96. The number of aliphatic carboxylic acids is 1. The van der Waals surface area contributed by atoms with E-state index < -0.39 is 42.0 Å². The van der Waals surface area contributed by atoms with Gasteiger partial charge in [-0.2, -0.15) is 0 Å². The van der Waals surface area contributed by atoms with Crippen LogP contribution in [-0.2, 0) is 20.8 Å². The SMILES string of the molecule is CC(C)CC(N)C(=O)NC(Cc1c[nH]c2ccccc12)C(=O)NC(C(=O)O)C(C)O. The predicted octanol–water partition coefficient (Wildman–Crippen LogP) is 0.519. The Balaban J connectivity index is 2.25. The Bertz CT molecular complexity index is 892. The number of rotatable bonds is 10. The van der Waals surface area contributed by atoms with Crippen LogP contribution in [0.2, 0.25) is 0 Å². The quantitative estimate of drug-likeness (QED) is 0.330. The van der Waals surface area contributed by atoms with Crippen molar-refractivity contribution in [2.24, 2.45) is 11.7 Å². The zero-order chi connectivity index (χ0) is 22.4. The lowest BCUT2D eigenvalue weighted by Crippen LogP contribution is -2.57. The second-order valence-electron chi connectivity index (χ2n) is 7.93. The summed E-state index contributed by atoms with van der Waals surface area (Å²) in [6.07, 6.45) is 1.01. The van der Waals surface area contributed by atoms with Crippen molar-refractivity contribution in [1.29, 1.82) is 0 Å². The van der Waals surface area contributed by atoms with Crippen LogP contribution in [-0.4, -0.2) is 57.2 Å². The molecule has 4 unspecified atom stereocenters. The maximum atomic E-state index is 12.9. The van der Waals surface area contributed by atoms with Crippen LogP contribution in [0.4, 0.5) is 0 Å². The molecule has 0 aliphatic carbocycles. The van der Waals surface area contributed by atoms with Crippen molar-refractivity contribution in [3.8, 4) is 0 Å². The number of amides is 2. The number of aromatic amines is 1. The number of carboxylic acids is 1. The van der Waals surface area contributed by atoms with E-state index in [0.29, 0.717) is 6.42 Å². The minimum absolute atomic E-state index is 0.127. The molecular formula is C21H30N4O5. The first kappa shape index (κ1) is 23.4. The van der Waals surface area contributed by atoms with Gasteiger partial charge in [0.25, 0.3) is 0 Å². The molecule has 0 saturated carbocycles. The fourth-order valence-corrected chi connectivity index (χ4v) is 3.27. The number of para-hydroxylation sites is 1. The molecule has 1 aromatic carbocycles. The summed E-state index contributed by atoms with van der Waals surface area (Å²) in [5, 5.41) is 24.8.